The highest BCUT2D eigenvalue weighted by atomic mass is 16.5. The SMILES string of the molecule is [CH2]COc1nc(NC(C)c2cccc(OC)c2)n2ncc(C(C)C)c2n1. The molecular weight excluding hydrogens is 330 g/mol. The van der Waals surface area contributed by atoms with Crippen LogP contribution in [0.1, 0.15) is 43.9 Å². The molecule has 1 N–H and O–H groups in total. The van der Waals surface area contributed by atoms with Crippen molar-refractivity contribution < 1.29 is 9.47 Å². The highest BCUT2D eigenvalue weighted by Crippen LogP contribution is 2.26. The summed E-state index contributed by atoms with van der Waals surface area (Å²) >= 11 is 0. The zero-order valence-corrected chi connectivity index (χ0v) is 15.6. The van der Waals surface area contributed by atoms with Crippen molar-refractivity contribution in [2.75, 3.05) is 19.0 Å². The minimum absolute atomic E-state index is 0.0116. The van der Waals surface area contributed by atoms with Gasteiger partial charge in [0.25, 0.3) is 0 Å². The molecule has 0 amide bonds. The fraction of sp³-hybridized carbons (Fsp3) is 0.368. The third kappa shape index (κ3) is 3.56. The average molecular weight is 354 g/mol. The molecule has 0 aliphatic carbocycles. The first-order valence-corrected chi connectivity index (χ1v) is 8.61. The number of methoxy groups -OCH3 is 1. The Hall–Kier alpha value is -2.83. The number of hydrogen-bond acceptors (Lipinski definition) is 6. The van der Waals surface area contributed by atoms with Crippen LogP contribution in [0, 0.1) is 6.92 Å². The Labute approximate surface area is 153 Å². The van der Waals surface area contributed by atoms with E-state index in [1.54, 1.807) is 11.6 Å². The molecule has 1 unspecified atom stereocenters. The van der Waals surface area contributed by atoms with Crippen LogP contribution in [0.3, 0.4) is 0 Å². The zero-order chi connectivity index (χ0) is 18.7. The normalized spacial score (nSPS) is 12.4. The molecule has 3 rings (SSSR count). The maximum Gasteiger partial charge on any atom is 0.321 e. The summed E-state index contributed by atoms with van der Waals surface area (Å²) in [7, 11) is 1.66. The number of nitrogens with zero attached hydrogens (tertiary/aromatic N) is 4. The zero-order valence-electron chi connectivity index (χ0n) is 15.6. The van der Waals surface area contributed by atoms with Crippen LogP contribution in [0.25, 0.3) is 5.65 Å². The van der Waals surface area contributed by atoms with Gasteiger partial charge in [-0.25, -0.2) is 0 Å². The third-order valence-electron chi connectivity index (χ3n) is 4.17. The number of anilines is 1. The summed E-state index contributed by atoms with van der Waals surface area (Å²) in [6, 6.07) is 8.18. The van der Waals surface area contributed by atoms with Gasteiger partial charge in [0.2, 0.25) is 5.95 Å². The third-order valence-corrected chi connectivity index (χ3v) is 4.17. The molecule has 137 valence electrons. The van der Waals surface area contributed by atoms with Gasteiger partial charge in [0.15, 0.2) is 5.65 Å². The van der Waals surface area contributed by atoms with Gasteiger partial charge in [-0.2, -0.15) is 19.6 Å². The van der Waals surface area contributed by atoms with Gasteiger partial charge in [0.05, 0.1) is 26.0 Å². The summed E-state index contributed by atoms with van der Waals surface area (Å²) < 4.78 is 12.5. The van der Waals surface area contributed by atoms with E-state index in [9.17, 15) is 0 Å². The lowest BCUT2D eigenvalue weighted by molar-refractivity contribution is 0.331. The van der Waals surface area contributed by atoms with Crippen LogP contribution in [0.15, 0.2) is 30.5 Å². The number of nitrogens with one attached hydrogen (secondary N) is 1. The second kappa shape index (κ2) is 7.59. The van der Waals surface area contributed by atoms with Crippen molar-refractivity contribution in [2.24, 2.45) is 0 Å². The van der Waals surface area contributed by atoms with E-state index in [1.807, 2.05) is 30.5 Å². The quantitative estimate of drug-likeness (QED) is 0.698. The van der Waals surface area contributed by atoms with Gasteiger partial charge in [0, 0.05) is 5.56 Å². The van der Waals surface area contributed by atoms with Gasteiger partial charge < -0.3 is 14.8 Å². The lowest BCUT2D eigenvalue weighted by Crippen LogP contribution is -2.14. The van der Waals surface area contributed by atoms with Crippen LogP contribution < -0.4 is 14.8 Å². The topological polar surface area (TPSA) is 73.6 Å². The summed E-state index contributed by atoms with van der Waals surface area (Å²) in [5.41, 5.74) is 2.85. The van der Waals surface area contributed by atoms with Crippen molar-refractivity contribution in [3.8, 4) is 11.8 Å². The average Bonchev–Trinajstić information content (AvgIpc) is 3.06. The van der Waals surface area contributed by atoms with E-state index < -0.39 is 0 Å². The van der Waals surface area contributed by atoms with Crippen LogP contribution in [0.2, 0.25) is 0 Å². The van der Waals surface area contributed by atoms with Crippen LogP contribution in [-0.2, 0) is 0 Å². The predicted octanol–water partition coefficient (Wildman–Crippen LogP) is 3.64. The standard InChI is InChI=1S/C19H24N5O2/c1-6-26-19-22-17-16(12(2)3)11-20-24(17)18(23-19)21-13(4)14-8-7-9-15(10-14)25-5/h7-13H,1,6H2,2-5H3,(H,21,22,23). The van der Waals surface area contributed by atoms with Crippen LogP contribution >= 0.6 is 0 Å². The van der Waals surface area contributed by atoms with Crippen molar-refractivity contribution in [3.05, 3.63) is 48.5 Å². The lowest BCUT2D eigenvalue weighted by Gasteiger charge is -2.17. The Balaban J connectivity index is 2.00. The summed E-state index contributed by atoms with van der Waals surface area (Å²) in [5.74, 6) is 1.67. The molecule has 2 heterocycles. The van der Waals surface area contributed by atoms with Crippen LogP contribution in [0.5, 0.6) is 11.8 Å². The van der Waals surface area contributed by atoms with E-state index in [0.717, 1.165) is 22.5 Å². The first-order chi connectivity index (χ1) is 12.5. The predicted molar refractivity (Wildman–Crippen MR) is 101 cm³/mol. The number of benzene rings is 1. The van der Waals surface area contributed by atoms with E-state index in [4.69, 9.17) is 9.47 Å². The van der Waals surface area contributed by atoms with Crippen molar-refractivity contribution in [1.82, 2.24) is 19.6 Å². The van der Waals surface area contributed by atoms with Crippen molar-refractivity contribution in [2.45, 2.75) is 32.7 Å². The fourth-order valence-electron chi connectivity index (χ4n) is 2.72. The lowest BCUT2D eigenvalue weighted by atomic mass is 10.1. The molecule has 1 atom stereocenters. The fourth-order valence-corrected chi connectivity index (χ4v) is 2.72. The van der Waals surface area contributed by atoms with Gasteiger partial charge in [-0.05, 0) is 37.5 Å². The first kappa shape index (κ1) is 18.0. The molecule has 0 bridgehead atoms. The van der Waals surface area contributed by atoms with E-state index >= 15 is 0 Å². The molecule has 7 heteroatoms. The largest absolute Gasteiger partial charge is 0.497 e. The number of hydrogen-bond donors (Lipinski definition) is 1. The molecule has 26 heavy (non-hydrogen) atoms. The molecule has 1 aromatic carbocycles. The van der Waals surface area contributed by atoms with E-state index in [2.05, 4.69) is 48.1 Å². The summed E-state index contributed by atoms with van der Waals surface area (Å²) in [5, 5.41) is 7.85. The Morgan fingerprint density at radius 3 is 2.73 bits per heavy atom. The summed E-state index contributed by atoms with van der Waals surface area (Å²) in [6.07, 6.45) is 1.82. The molecule has 1 radical (unpaired) electrons. The first-order valence-electron chi connectivity index (χ1n) is 8.61. The van der Waals surface area contributed by atoms with Gasteiger partial charge in [0.1, 0.15) is 5.75 Å². The summed E-state index contributed by atoms with van der Waals surface area (Å²) in [4.78, 5) is 8.94. The molecule has 3 aromatic rings. The smallest absolute Gasteiger partial charge is 0.321 e. The molecule has 0 saturated heterocycles. The Bertz CT molecular complexity index is 891. The van der Waals surface area contributed by atoms with Gasteiger partial charge >= 0.3 is 6.01 Å². The minimum atomic E-state index is -0.0116. The molecule has 0 spiro atoms. The van der Waals surface area contributed by atoms with E-state index in [0.29, 0.717) is 11.9 Å². The van der Waals surface area contributed by atoms with Gasteiger partial charge in [-0.1, -0.05) is 26.0 Å². The molecule has 0 fully saturated rings. The van der Waals surface area contributed by atoms with Crippen molar-refractivity contribution in [3.63, 3.8) is 0 Å². The molecule has 7 nitrogen and oxygen atoms in total. The molecule has 0 aliphatic heterocycles. The van der Waals surface area contributed by atoms with Crippen LogP contribution in [0.4, 0.5) is 5.95 Å². The maximum absolute atomic E-state index is 5.45. The van der Waals surface area contributed by atoms with Crippen molar-refractivity contribution in [1.29, 1.82) is 0 Å². The molecule has 2 aromatic heterocycles. The summed E-state index contributed by atoms with van der Waals surface area (Å²) in [6.45, 7) is 10.2. The van der Waals surface area contributed by atoms with Gasteiger partial charge in [-0.3, -0.25) is 0 Å². The monoisotopic (exact) mass is 354 g/mol. The highest BCUT2D eigenvalue weighted by molar-refractivity contribution is 5.53. The number of aromatic nitrogens is 4. The minimum Gasteiger partial charge on any atom is -0.497 e. The van der Waals surface area contributed by atoms with E-state index in [-0.39, 0.29) is 18.7 Å². The number of rotatable bonds is 7. The molecular formula is C19H24N5O2. The number of fused-ring (bicyclic) bond motifs is 1. The van der Waals surface area contributed by atoms with Gasteiger partial charge in [-0.15, -0.1) is 0 Å². The van der Waals surface area contributed by atoms with Crippen LogP contribution in [-0.4, -0.2) is 33.3 Å². The molecule has 0 aliphatic rings. The van der Waals surface area contributed by atoms with E-state index in [1.165, 1.54) is 0 Å². The van der Waals surface area contributed by atoms with Crippen molar-refractivity contribution >= 4 is 11.6 Å². The highest BCUT2D eigenvalue weighted by Gasteiger charge is 2.17. The maximum atomic E-state index is 5.45. The Morgan fingerprint density at radius 2 is 2.04 bits per heavy atom. The Kier molecular flexibility index (Phi) is 5.25. The Morgan fingerprint density at radius 1 is 1.23 bits per heavy atom. The second-order valence-electron chi connectivity index (χ2n) is 6.31. The number of ether oxygens (including phenoxy) is 2. The molecule has 0 saturated carbocycles. The second-order valence-corrected chi connectivity index (χ2v) is 6.31.